The highest BCUT2D eigenvalue weighted by Crippen LogP contribution is 2.43. The second kappa shape index (κ2) is 15.3. The van der Waals surface area contributed by atoms with Gasteiger partial charge in [0.05, 0.1) is 50.1 Å². The first-order valence-electron chi connectivity index (χ1n) is 15.4. The summed E-state index contributed by atoms with van der Waals surface area (Å²) in [7, 11) is 1.34. The van der Waals surface area contributed by atoms with E-state index in [1.54, 1.807) is 13.0 Å². The van der Waals surface area contributed by atoms with Crippen molar-refractivity contribution in [3.63, 3.8) is 0 Å². The van der Waals surface area contributed by atoms with Crippen molar-refractivity contribution in [2.75, 3.05) is 13.7 Å². The molecule has 1 spiro atoms. The lowest BCUT2D eigenvalue weighted by molar-refractivity contribution is -0.157. The second-order valence-corrected chi connectivity index (χ2v) is 12.2. The van der Waals surface area contributed by atoms with E-state index in [1.165, 1.54) is 43.5 Å². The van der Waals surface area contributed by atoms with Gasteiger partial charge >= 0.3 is 11.9 Å². The molecule has 3 aliphatic heterocycles. The highest BCUT2D eigenvalue weighted by atomic mass is 19.1. The van der Waals surface area contributed by atoms with Crippen molar-refractivity contribution in [1.29, 1.82) is 0 Å². The third kappa shape index (κ3) is 9.56. The predicted molar refractivity (Wildman–Crippen MR) is 163 cm³/mol. The molecule has 1 aromatic carbocycles. The van der Waals surface area contributed by atoms with Crippen LogP contribution in [-0.2, 0) is 33.3 Å². The number of epoxide rings is 1. The Balaban J connectivity index is 1.23. The number of nitrogens with one attached hydrogen (secondary N) is 1. The minimum absolute atomic E-state index is 0.0398. The Labute approximate surface area is 263 Å². The van der Waals surface area contributed by atoms with Crippen LogP contribution >= 0.6 is 0 Å². The summed E-state index contributed by atoms with van der Waals surface area (Å²) < 4.78 is 41.0. The van der Waals surface area contributed by atoms with E-state index >= 15 is 0 Å². The molecule has 0 bridgehead atoms. The molecular formula is C34H44FNO9. The predicted octanol–water partition coefficient (Wildman–Crippen LogP) is 3.97. The molecule has 11 heteroatoms. The number of carbonyl (C=O) groups is 3. The fourth-order valence-corrected chi connectivity index (χ4v) is 5.72. The Morgan fingerprint density at radius 3 is 2.56 bits per heavy atom. The Morgan fingerprint density at radius 2 is 1.89 bits per heavy atom. The number of esters is 2. The number of carbonyl (C=O) groups excluding carboxylic acids is 3. The number of amides is 1. The van der Waals surface area contributed by atoms with Gasteiger partial charge in [-0.25, -0.2) is 9.18 Å². The summed E-state index contributed by atoms with van der Waals surface area (Å²) >= 11 is 0. The third-order valence-corrected chi connectivity index (χ3v) is 8.57. The molecule has 0 saturated carbocycles. The maximum Gasteiger partial charge on any atom is 0.338 e. The van der Waals surface area contributed by atoms with E-state index in [2.05, 4.69) is 18.3 Å². The van der Waals surface area contributed by atoms with Crippen LogP contribution in [0.1, 0.15) is 63.7 Å². The van der Waals surface area contributed by atoms with E-state index in [4.69, 9.17) is 23.7 Å². The van der Waals surface area contributed by atoms with Gasteiger partial charge in [-0.05, 0) is 69.9 Å². The van der Waals surface area contributed by atoms with Crippen LogP contribution in [0.15, 0.2) is 60.2 Å². The third-order valence-electron chi connectivity index (χ3n) is 8.57. The fraction of sp³-hybridized carbons (Fsp3) is 0.559. The van der Waals surface area contributed by atoms with Crippen LogP contribution in [-0.4, -0.2) is 84.9 Å². The monoisotopic (exact) mass is 629 g/mol. The van der Waals surface area contributed by atoms with Crippen LogP contribution in [0.25, 0.3) is 0 Å². The molecule has 10 nitrogen and oxygen atoms in total. The normalized spacial score (nSPS) is 32.4. The van der Waals surface area contributed by atoms with Gasteiger partial charge in [-0.1, -0.05) is 30.7 Å². The number of rotatable bonds is 11. The molecule has 2 N–H and O–H groups in total. The van der Waals surface area contributed by atoms with Crippen molar-refractivity contribution < 1.29 is 47.6 Å². The molecular weight excluding hydrogens is 585 g/mol. The lowest BCUT2D eigenvalue weighted by atomic mass is 9.87. The zero-order valence-corrected chi connectivity index (χ0v) is 26.4. The zero-order valence-electron chi connectivity index (χ0n) is 26.4. The van der Waals surface area contributed by atoms with Gasteiger partial charge in [-0.2, -0.15) is 0 Å². The summed E-state index contributed by atoms with van der Waals surface area (Å²) in [5.41, 5.74) is 0.538. The molecule has 1 amide bonds. The second-order valence-electron chi connectivity index (χ2n) is 12.2. The lowest BCUT2D eigenvalue weighted by Gasteiger charge is -2.39. The van der Waals surface area contributed by atoms with Crippen LogP contribution < -0.4 is 5.32 Å². The van der Waals surface area contributed by atoms with Crippen molar-refractivity contribution in [1.82, 2.24) is 5.32 Å². The van der Waals surface area contributed by atoms with Gasteiger partial charge in [-0.15, -0.1) is 0 Å². The number of halogens is 1. The molecule has 45 heavy (non-hydrogen) atoms. The molecule has 0 radical (unpaired) electrons. The molecule has 1 unspecified atom stereocenters. The summed E-state index contributed by atoms with van der Waals surface area (Å²) in [6.45, 7) is 8.06. The molecule has 0 aromatic heterocycles. The summed E-state index contributed by atoms with van der Waals surface area (Å²) in [6.07, 6.45) is 7.84. The Kier molecular flexibility index (Phi) is 11.7. The Bertz CT molecular complexity index is 1290. The summed E-state index contributed by atoms with van der Waals surface area (Å²) in [4.78, 5) is 36.6. The summed E-state index contributed by atoms with van der Waals surface area (Å²) in [6, 6.07) is 4.86. The Hall–Kier alpha value is -3.38. The average molecular weight is 630 g/mol. The van der Waals surface area contributed by atoms with Gasteiger partial charge < -0.3 is 34.1 Å². The van der Waals surface area contributed by atoms with Crippen molar-refractivity contribution in [2.24, 2.45) is 5.92 Å². The summed E-state index contributed by atoms with van der Waals surface area (Å²) in [5, 5.41) is 13.8. The number of aliphatic hydroxyl groups excluding tert-OH is 1. The largest absolute Gasteiger partial charge is 0.469 e. The first-order chi connectivity index (χ1) is 21.4. The minimum Gasteiger partial charge on any atom is -0.469 e. The van der Waals surface area contributed by atoms with Crippen LogP contribution in [0.3, 0.4) is 0 Å². The van der Waals surface area contributed by atoms with Crippen molar-refractivity contribution in [3.8, 4) is 0 Å². The number of methoxy groups -OCH3 is 1. The van der Waals surface area contributed by atoms with Crippen LogP contribution in [0, 0.1) is 11.7 Å². The SMILES string of the molecule is COC(=O)C[C@@H]1C[C@@]2(CO2)[C@H](O)[C@@H](/C=C/C(C)=C/C[C@@H]2O[C@H](C)[C@H](NC(=O)C=CC(C)OC(=O)c3ccc(F)cc3)C[C@@H]2C)O1. The van der Waals surface area contributed by atoms with Crippen LogP contribution in [0.2, 0.25) is 0 Å². The Morgan fingerprint density at radius 1 is 1.18 bits per heavy atom. The number of allylic oxidation sites excluding steroid dienone is 2. The number of hydrogen-bond acceptors (Lipinski definition) is 9. The van der Waals surface area contributed by atoms with E-state index in [9.17, 15) is 23.9 Å². The van der Waals surface area contributed by atoms with Crippen molar-refractivity contribution in [3.05, 3.63) is 71.6 Å². The van der Waals surface area contributed by atoms with E-state index in [0.717, 1.165) is 12.0 Å². The molecule has 9 atom stereocenters. The van der Waals surface area contributed by atoms with Crippen molar-refractivity contribution in [2.45, 2.75) is 102 Å². The number of benzene rings is 1. The molecule has 4 rings (SSSR count). The molecule has 0 aliphatic carbocycles. The highest BCUT2D eigenvalue weighted by Gasteiger charge is 2.58. The van der Waals surface area contributed by atoms with E-state index < -0.39 is 41.8 Å². The smallest absolute Gasteiger partial charge is 0.338 e. The maximum atomic E-state index is 13.1. The van der Waals surface area contributed by atoms with Gasteiger partial charge in [0.1, 0.15) is 29.7 Å². The van der Waals surface area contributed by atoms with Gasteiger partial charge in [-0.3, -0.25) is 9.59 Å². The maximum absolute atomic E-state index is 13.1. The molecule has 246 valence electrons. The van der Waals surface area contributed by atoms with Gasteiger partial charge in [0.2, 0.25) is 5.91 Å². The number of ether oxygens (including phenoxy) is 5. The molecule has 3 saturated heterocycles. The quantitative estimate of drug-likeness (QED) is 0.162. The van der Waals surface area contributed by atoms with Gasteiger partial charge in [0, 0.05) is 12.5 Å². The van der Waals surface area contributed by atoms with Crippen molar-refractivity contribution >= 4 is 17.8 Å². The summed E-state index contributed by atoms with van der Waals surface area (Å²) in [5.74, 6) is -1.55. The van der Waals surface area contributed by atoms with E-state index in [0.29, 0.717) is 19.4 Å². The molecule has 3 aliphatic rings. The number of hydrogen-bond donors (Lipinski definition) is 2. The first kappa shape index (κ1) is 34.5. The van der Waals surface area contributed by atoms with E-state index in [-0.39, 0.29) is 48.0 Å². The fourth-order valence-electron chi connectivity index (χ4n) is 5.72. The standard InChI is InChI=1S/C34H44FNO9/c1-20(7-14-29-32(39)34(19-42-34)18-26(45-29)17-31(38)41-5)6-13-28-21(2)16-27(23(4)44-28)36-30(37)15-8-22(3)43-33(40)24-9-11-25(35)12-10-24/h6-12,14-15,21-23,26-29,32,39H,13,16-19H2,1-5H3,(H,36,37)/b14-7+,15-8?,20-6+/t21-,22?,23+,26+,27+,28-,29+,32+,34+/m0/s1. The first-order valence-corrected chi connectivity index (χ1v) is 15.4. The minimum atomic E-state index is -0.820. The lowest BCUT2D eigenvalue weighted by Crippen LogP contribution is -2.50. The molecule has 3 fully saturated rings. The topological polar surface area (TPSA) is 133 Å². The van der Waals surface area contributed by atoms with Gasteiger partial charge in [0.15, 0.2) is 0 Å². The average Bonchev–Trinajstić information content (AvgIpc) is 3.78. The van der Waals surface area contributed by atoms with Crippen LogP contribution in [0.5, 0.6) is 0 Å². The molecule has 3 heterocycles. The highest BCUT2D eigenvalue weighted by molar-refractivity contribution is 5.90. The van der Waals surface area contributed by atoms with Gasteiger partial charge in [0.25, 0.3) is 0 Å². The molecule has 1 aromatic rings. The van der Waals surface area contributed by atoms with E-state index in [1.807, 2.05) is 19.9 Å². The number of aliphatic hydroxyl groups is 1. The van der Waals surface area contributed by atoms with Crippen LogP contribution in [0.4, 0.5) is 4.39 Å². The zero-order chi connectivity index (χ0) is 32.7.